The molecule has 1 rings (SSSR count). The molecule has 1 aliphatic carbocycles. The second kappa shape index (κ2) is 5.53. The van der Waals surface area contributed by atoms with Crippen molar-refractivity contribution in [3.8, 4) is 0 Å². The van der Waals surface area contributed by atoms with Crippen molar-refractivity contribution in [1.29, 1.82) is 0 Å². The zero-order valence-corrected chi connectivity index (χ0v) is 9.07. The van der Waals surface area contributed by atoms with E-state index in [9.17, 15) is 9.00 Å². The Bertz CT molecular complexity index is 201. The van der Waals surface area contributed by atoms with Crippen LogP contribution in [0.15, 0.2) is 0 Å². The lowest BCUT2D eigenvalue weighted by Gasteiger charge is -2.06. The summed E-state index contributed by atoms with van der Waals surface area (Å²) in [5.74, 6) is 2.15. The molecule has 0 spiro atoms. The van der Waals surface area contributed by atoms with Crippen LogP contribution < -0.4 is 0 Å². The van der Waals surface area contributed by atoms with Gasteiger partial charge in [-0.05, 0) is 25.7 Å². The van der Waals surface area contributed by atoms with E-state index in [0.717, 1.165) is 43.6 Å². The number of Topliss-reactive ketones (excluding diaryl/α,β-unsaturated/α-hetero) is 1. The van der Waals surface area contributed by atoms with Crippen LogP contribution in [-0.2, 0) is 15.6 Å². The average Bonchev–Trinajstić information content (AvgIpc) is 2.48. The Kier molecular flexibility index (Phi) is 4.64. The van der Waals surface area contributed by atoms with Gasteiger partial charge in [-0.2, -0.15) is 0 Å². The number of carbonyl (C=O) groups is 1. The van der Waals surface area contributed by atoms with E-state index >= 15 is 0 Å². The Morgan fingerprint density at radius 2 is 2.23 bits per heavy atom. The molecule has 1 fully saturated rings. The van der Waals surface area contributed by atoms with Crippen molar-refractivity contribution in [3.05, 3.63) is 0 Å². The van der Waals surface area contributed by atoms with Crippen molar-refractivity contribution < 1.29 is 9.00 Å². The molecule has 2 atom stereocenters. The first kappa shape index (κ1) is 10.9. The minimum atomic E-state index is -0.683. The zero-order valence-electron chi connectivity index (χ0n) is 8.25. The molecule has 0 aliphatic heterocycles. The van der Waals surface area contributed by atoms with Gasteiger partial charge in [-0.1, -0.05) is 6.92 Å². The van der Waals surface area contributed by atoms with Gasteiger partial charge in [0.05, 0.1) is 0 Å². The Morgan fingerprint density at radius 3 is 2.77 bits per heavy atom. The van der Waals surface area contributed by atoms with Crippen LogP contribution in [0.2, 0.25) is 0 Å². The Labute approximate surface area is 82.6 Å². The molecule has 0 heterocycles. The minimum Gasteiger partial charge on any atom is -0.299 e. The Morgan fingerprint density at radius 1 is 1.46 bits per heavy atom. The Hall–Kier alpha value is -0.180. The standard InChI is InChI=1S/C10H18O2S/c1-2-7-13(12)8-6-9-4-3-5-10(9)11/h9H,2-8H2,1H3. The van der Waals surface area contributed by atoms with E-state index in [1.807, 2.05) is 6.92 Å². The van der Waals surface area contributed by atoms with Crippen LogP contribution in [0.1, 0.15) is 39.0 Å². The molecule has 3 heteroatoms. The molecule has 0 amide bonds. The highest BCUT2D eigenvalue weighted by atomic mass is 32.2. The molecule has 0 aromatic carbocycles. The molecule has 0 aromatic rings. The van der Waals surface area contributed by atoms with Crippen molar-refractivity contribution in [2.24, 2.45) is 5.92 Å². The third kappa shape index (κ3) is 3.59. The van der Waals surface area contributed by atoms with Gasteiger partial charge in [0.25, 0.3) is 0 Å². The first-order chi connectivity index (χ1) is 6.24. The van der Waals surface area contributed by atoms with Gasteiger partial charge in [0.1, 0.15) is 5.78 Å². The van der Waals surface area contributed by atoms with Gasteiger partial charge in [0.2, 0.25) is 0 Å². The normalized spacial score (nSPS) is 25.0. The molecule has 76 valence electrons. The van der Waals surface area contributed by atoms with Gasteiger partial charge in [0, 0.05) is 34.6 Å². The number of hydrogen-bond donors (Lipinski definition) is 0. The van der Waals surface area contributed by atoms with Crippen molar-refractivity contribution >= 4 is 16.6 Å². The van der Waals surface area contributed by atoms with Crippen LogP contribution in [0.4, 0.5) is 0 Å². The summed E-state index contributed by atoms with van der Waals surface area (Å²) in [7, 11) is -0.683. The van der Waals surface area contributed by atoms with E-state index in [1.165, 1.54) is 0 Å². The number of ketones is 1. The molecule has 0 N–H and O–H groups in total. The predicted octanol–water partition coefficient (Wildman–Crippen LogP) is 1.90. The molecule has 2 nitrogen and oxygen atoms in total. The van der Waals surface area contributed by atoms with E-state index in [2.05, 4.69) is 0 Å². The first-order valence-corrected chi connectivity index (χ1v) is 6.60. The first-order valence-electron chi connectivity index (χ1n) is 5.11. The minimum absolute atomic E-state index is 0.237. The summed E-state index contributed by atoms with van der Waals surface area (Å²) in [6.45, 7) is 2.04. The van der Waals surface area contributed by atoms with Crippen LogP contribution >= 0.6 is 0 Å². The molecule has 1 saturated carbocycles. The summed E-state index contributed by atoms with van der Waals surface area (Å²) in [6.07, 6.45) is 4.66. The SMILES string of the molecule is CCCS(=O)CCC1CCCC1=O. The monoisotopic (exact) mass is 202 g/mol. The number of rotatable bonds is 5. The molecule has 0 radical (unpaired) electrons. The maximum atomic E-state index is 11.3. The van der Waals surface area contributed by atoms with Crippen molar-refractivity contribution in [3.63, 3.8) is 0 Å². The highest BCUT2D eigenvalue weighted by Gasteiger charge is 2.24. The fourth-order valence-electron chi connectivity index (χ4n) is 1.80. The van der Waals surface area contributed by atoms with Crippen molar-refractivity contribution in [2.45, 2.75) is 39.0 Å². The maximum absolute atomic E-state index is 11.3. The van der Waals surface area contributed by atoms with E-state index < -0.39 is 10.8 Å². The lowest BCUT2D eigenvalue weighted by Crippen LogP contribution is -2.11. The molecule has 2 unspecified atom stereocenters. The summed E-state index contributed by atoms with van der Waals surface area (Å²) < 4.78 is 11.3. The molecule has 13 heavy (non-hydrogen) atoms. The van der Waals surface area contributed by atoms with Gasteiger partial charge in [0.15, 0.2) is 0 Å². The summed E-state index contributed by atoms with van der Waals surface area (Å²) >= 11 is 0. The van der Waals surface area contributed by atoms with E-state index in [-0.39, 0.29) is 5.92 Å². The highest BCUT2D eigenvalue weighted by Crippen LogP contribution is 2.24. The fraction of sp³-hybridized carbons (Fsp3) is 0.900. The van der Waals surface area contributed by atoms with Crippen LogP contribution in [0.3, 0.4) is 0 Å². The summed E-state index contributed by atoms with van der Waals surface area (Å²) in [5, 5.41) is 0. The number of carbonyl (C=O) groups excluding carboxylic acids is 1. The maximum Gasteiger partial charge on any atom is 0.136 e. The van der Waals surface area contributed by atoms with Crippen LogP contribution in [-0.4, -0.2) is 21.5 Å². The fourth-order valence-corrected chi connectivity index (χ4v) is 3.00. The number of hydrogen-bond acceptors (Lipinski definition) is 2. The van der Waals surface area contributed by atoms with Crippen LogP contribution in [0.5, 0.6) is 0 Å². The lowest BCUT2D eigenvalue weighted by atomic mass is 10.1. The molecule has 0 saturated heterocycles. The largest absolute Gasteiger partial charge is 0.299 e. The van der Waals surface area contributed by atoms with Gasteiger partial charge in [-0.25, -0.2) is 0 Å². The van der Waals surface area contributed by atoms with Crippen molar-refractivity contribution in [2.75, 3.05) is 11.5 Å². The van der Waals surface area contributed by atoms with Gasteiger partial charge < -0.3 is 0 Å². The second-order valence-electron chi connectivity index (χ2n) is 3.69. The highest BCUT2D eigenvalue weighted by molar-refractivity contribution is 7.84. The summed E-state index contributed by atoms with van der Waals surface area (Å²) in [4.78, 5) is 11.2. The van der Waals surface area contributed by atoms with E-state index in [0.29, 0.717) is 5.78 Å². The average molecular weight is 202 g/mol. The van der Waals surface area contributed by atoms with Gasteiger partial charge in [-0.15, -0.1) is 0 Å². The smallest absolute Gasteiger partial charge is 0.136 e. The van der Waals surface area contributed by atoms with Gasteiger partial charge in [-0.3, -0.25) is 9.00 Å². The molecular formula is C10H18O2S. The molecule has 0 bridgehead atoms. The Balaban J connectivity index is 2.18. The third-order valence-corrected chi connectivity index (χ3v) is 4.11. The van der Waals surface area contributed by atoms with Crippen LogP contribution in [0, 0.1) is 5.92 Å². The van der Waals surface area contributed by atoms with Crippen molar-refractivity contribution in [1.82, 2.24) is 0 Å². The third-order valence-electron chi connectivity index (χ3n) is 2.56. The van der Waals surface area contributed by atoms with E-state index in [4.69, 9.17) is 0 Å². The summed E-state index contributed by atoms with van der Waals surface area (Å²) in [6, 6.07) is 0. The van der Waals surface area contributed by atoms with E-state index in [1.54, 1.807) is 0 Å². The second-order valence-corrected chi connectivity index (χ2v) is 5.39. The molecule has 0 aromatic heterocycles. The topological polar surface area (TPSA) is 34.1 Å². The van der Waals surface area contributed by atoms with Crippen LogP contribution in [0.25, 0.3) is 0 Å². The molecule has 1 aliphatic rings. The quantitative estimate of drug-likeness (QED) is 0.682. The zero-order chi connectivity index (χ0) is 9.68. The summed E-state index contributed by atoms with van der Waals surface area (Å²) in [5.41, 5.74) is 0. The molecular weight excluding hydrogens is 184 g/mol. The van der Waals surface area contributed by atoms with Gasteiger partial charge >= 0.3 is 0 Å². The predicted molar refractivity (Wildman–Crippen MR) is 55.1 cm³/mol. The lowest BCUT2D eigenvalue weighted by molar-refractivity contribution is -0.120.